The van der Waals surface area contributed by atoms with Gasteiger partial charge >= 0.3 is 0 Å². The minimum Gasteiger partial charge on any atom is -0.311 e. The molecule has 1 N–H and O–H groups in total. The lowest BCUT2D eigenvalue weighted by atomic mass is 10.1. The summed E-state index contributed by atoms with van der Waals surface area (Å²) in [7, 11) is 0. The average molecular weight is 226 g/mol. The van der Waals surface area contributed by atoms with Gasteiger partial charge in [0.25, 0.3) is 0 Å². The van der Waals surface area contributed by atoms with Crippen molar-refractivity contribution in [2.24, 2.45) is 0 Å². The highest BCUT2D eigenvalue weighted by Gasteiger charge is 2.17. The molecule has 1 rings (SSSR count). The van der Waals surface area contributed by atoms with Crippen LogP contribution in [-0.2, 0) is 0 Å². The number of unbranched alkanes of at least 4 members (excludes halogenated alkanes) is 1. The number of nitrogens with one attached hydrogen (secondary N) is 1. The molecule has 1 aliphatic heterocycles. The molecule has 2 atom stereocenters. The molecule has 1 saturated heterocycles. The van der Waals surface area contributed by atoms with E-state index in [1.807, 2.05) is 0 Å². The van der Waals surface area contributed by atoms with Crippen molar-refractivity contribution in [3.8, 4) is 0 Å². The van der Waals surface area contributed by atoms with Gasteiger partial charge in [0, 0.05) is 12.1 Å². The lowest BCUT2D eigenvalue weighted by Crippen LogP contribution is -2.37. The van der Waals surface area contributed by atoms with Crippen LogP contribution in [0.15, 0.2) is 0 Å². The van der Waals surface area contributed by atoms with Crippen LogP contribution in [0.5, 0.6) is 0 Å². The molecule has 1 fully saturated rings. The summed E-state index contributed by atoms with van der Waals surface area (Å²) in [6.07, 6.45) is 8.09. The van der Waals surface area contributed by atoms with Crippen LogP contribution in [0.4, 0.5) is 0 Å². The largest absolute Gasteiger partial charge is 0.311 e. The Morgan fingerprint density at radius 1 is 1.25 bits per heavy atom. The molecular formula is C14H30N2. The molecule has 0 amide bonds. The Kier molecular flexibility index (Phi) is 7.06. The number of nitrogens with zero attached hydrogens (tertiary/aromatic N) is 1. The second-order valence-electron chi connectivity index (χ2n) is 5.27. The molecule has 0 spiro atoms. The first-order valence-corrected chi connectivity index (χ1v) is 7.24. The Morgan fingerprint density at radius 3 is 2.75 bits per heavy atom. The van der Waals surface area contributed by atoms with Crippen LogP contribution >= 0.6 is 0 Å². The average Bonchev–Trinajstić information content (AvgIpc) is 2.51. The summed E-state index contributed by atoms with van der Waals surface area (Å²) in [6, 6.07) is 1.47. The third-order valence-electron chi connectivity index (χ3n) is 3.78. The molecule has 2 nitrogen and oxygen atoms in total. The molecule has 2 heteroatoms. The highest BCUT2D eigenvalue weighted by molar-refractivity contribution is 4.76. The number of likely N-dealkylation sites (tertiary alicyclic amines) is 1. The van der Waals surface area contributed by atoms with Gasteiger partial charge in [-0.25, -0.2) is 0 Å². The van der Waals surface area contributed by atoms with Gasteiger partial charge in [0.05, 0.1) is 0 Å². The summed E-state index contributed by atoms with van der Waals surface area (Å²) in [5, 5.41) is 3.81. The van der Waals surface area contributed by atoms with Gasteiger partial charge < -0.3 is 10.2 Å². The van der Waals surface area contributed by atoms with Gasteiger partial charge in [-0.15, -0.1) is 0 Å². The molecule has 1 aliphatic rings. The topological polar surface area (TPSA) is 15.3 Å². The highest BCUT2D eigenvalue weighted by atomic mass is 15.1. The molecule has 16 heavy (non-hydrogen) atoms. The Morgan fingerprint density at radius 2 is 2.06 bits per heavy atom. The second kappa shape index (κ2) is 8.08. The van der Waals surface area contributed by atoms with E-state index in [0.717, 1.165) is 6.04 Å². The molecular weight excluding hydrogens is 196 g/mol. The molecule has 0 aromatic heterocycles. The normalized spacial score (nSPS) is 25.3. The van der Waals surface area contributed by atoms with Crippen molar-refractivity contribution in [1.82, 2.24) is 10.2 Å². The Labute approximate surface area is 102 Å². The van der Waals surface area contributed by atoms with E-state index in [1.165, 1.54) is 58.2 Å². The van der Waals surface area contributed by atoms with Crippen LogP contribution in [0.2, 0.25) is 0 Å². The third-order valence-corrected chi connectivity index (χ3v) is 3.78. The SMILES string of the molecule is CCCCC(C)NC1CCCN(CC)CC1. The zero-order valence-electron chi connectivity index (χ0n) is 11.5. The minimum absolute atomic E-state index is 0.707. The van der Waals surface area contributed by atoms with Gasteiger partial charge in [-0.1, -0.05) is 26.7 Å². The Hall–Kier alpha value is -0.0800. The van der Waals surface area contributed by atoms with E-state index in [9.17, 15) is 0 Å². The molecule has 0 aromatic carbocycles. The summed E-state index contributed by atoms with van der Waals surface area (Å²) < 4.78 is 0. The van der Waals surface area contributed by atoms with E-state index in [1.54, 1.807) is 0 Å². The first-order chi connectivity index (χ1) is 7.76. The first kappa shape index (κ1) is 14.0. The van der Waals surface area contributed by atoms with Crippen LogP contribution in [0.25, 0.3) is 0 Å². The summed E-state index contributed by atoms with van der Waals surface area (Å²) in [5.74, 6) is 0. The van der Waals surface area contributed by atoms with Crippen molar-refractivity contribution < 1.29 is 0 Å². The van der Waals surface area contributed by atoms with E-state index in [2.05, 4.69) is 31.0 Å². The zero-order chi connectivity index (χ0) is 11.8. The second-order valence-corrected chi connectivity index (χ2v) is 5.27. The van der Waals surface area contributed by atoms with Crippen LogP contribution < -0.4 is 5.32 Å². The molecule has 2 unspecified atom stereocenters. The van der Waals surface area contributed by atoms with E-state index in [-0.39, 0.29) is 0 Å². The summed E-state index contributed by atoms with van der Waals surface area (Å²) >= 11 is 0. The Balaban J connectivity index is 2.21. The van der Waals surface area contributed by atoms with Gasteiger partial charge in [-0.2, -0.15) is 0 Å². The van der Waals surface area contributed by atoms with E-state index in [4.69, 9.17) is 0 Å². The fraction of sp³-hybridized carbons (Fsp3) is 1.00. The molecule has 1 heterocycles. The standard InChI is InChI=1S/C14H30N2/c1-4-6-8-13(3)15-14-9-7-11-16(5-2)12-10-14/h13-15H,4-12H2,1-3H3. The van der Waals surface area contributed by atoms with Gasteiger partial charge in [-0.05, 0) is 52.2 Å². The summed E-state index contributed by atoms with van der Waals surface area (Å²) in [5.41, 5.74) is 0. The maximum absolute atomic E-state index is 3.81. The van der Waals surface area contributed by atoms with Crippen molar-refractivity contribution in [2.75, 3.05) is 19.6 Å². The maximum atomic E-state index is 3.81. The Bertz CT molecular complexity index is 170. The minimum atomic E-state index is 0.707. The molecule has 0 bridgehead atoms. The fourth-order valence-corrected chi connectivity index (χ4v) is 2.63. The van der Waals surface area contributed by atoms with Gasteiger partial charge in [0.1, 0.15) is 0 Å². The van der Waals surface area contributed by atoms with Crippen molar-refractivity contribution >= 4 is 0 Å². The molecule has 0 aromatic rings. The molecule has 96 valence electrons. The molecule has 0 aliphatic carbocycles. The number of hydrogen-bond acceptors (Lipinski definition) is 2. The molecule has 0 radical (unpaired) electrons. The zero-order valence-corrected chi connectivity index (χ0v) is 11.5. The lowest BCUT2D eigenvalue weighted by Gasteiger charge is -2.22. The maximum Gasteiger partial charge on any atom is 0.00821 e. The third kappa shape index (κ3) is 5.31. The van der Waals surface area contributed by atoms with Gasteiger partial charge in [0.2, 0.25) is 0 Å². The van der Waals surface area contributed by atoms with Crippen molar-refractivity contribution in [1.29, 1.82) is 0 Å². The molecule has 0 saturated carbocycles. The lowest BCUT2D eigenvalue weighted by molar-refractivity contribution is 0.295. The fourth-order valence-electron chi connectivity index (χ4n) is 2.63. The van der Waals surface area contributed by atoms with Crippen LogP contribution in [0.1, 0.15) is 59.3 Å². The number of hydrogen-bond donors (Lipinski definition) is 1. The highest BCUT2D eigenvalue weighted by Crippen LogP contribution is 2.12. The predicted octanol–water partition coefficient (Wildman–Crippen LogP) is 3.03. The quantitative estimate of drug-likeness (QED) is 0.749. The monoisotopic (exact) mass is 226 g/mol. The van der Waals surface area contributed by atoms with Crippen LogP contribution in [-0.4, -0.2) is 36.6 Å². The smallest absolute Gasteiger partial charge is 0.00821 e. The van der Waals surface area contributed by atoms with Crippen LogP contribution in [0, 0.1) is 0 Å². The van der Waals surface area contributed by atoms with Crippen molar-refractivity contribution in [3.05, 3.63) is 0 Å². The first-order valence-electron chi connectivity index (χ1n) is 7.24. The summed E-state index contributed by atoms with van der Waals surface area (Å²) in [6.45, 7) is 10.7. The predicted molar refractivity (Wildman–Crippen MR) is 71.9 cm³/mol. The van der Waals surface area contributed by atoms with E-state index in [0.29, 0.717) is 6.04 Å². The van der Waals surface area contributed by atoms with Crippen molar-refractivity contribution in [2.45, 2.75) is 71.4 Å². The van der Waals surface area contributed by atoms with Crippen molar-refractivity contribution in [3.63, 3.8) is 0 Å². The van der Waals surface area contributed by atoms with E-state index >= 15 is 0 Å². The van der Waals surface area contributed by atoms with Gasteiger partial charge in [0.15, 0.2) is 0 Å². The summed E-state index contributed by atoms with van der Waals surface area (Å²) in [4.78, 5) is 2.58. The van der Waals surface area contributed by atoms with Crippen LogP contribution in [0.3, 0.4) is 0 Å². The number of rotatable bonds is 6. The van der Waals surface area contributed by atoms with E-state index < -0.39 is 0 Å². The van der Waals surface area contributed by atoms with Gasteiger partial charge in [-0.3, -0.25) is 0 Å².